The third-order valence-corrected chi connectivity index (χ3v) is 8.22. The summed E-state index contributed by atoms with van der Waals surface area (Å²) in [7, 11) is -1.51. The molecule has 1 saturated carbocycles. The summed E-state index contributed by atoms with van der Waals surface area (Å²) in [5.74, 6) is 1.69. The zero-order chi connectivity index (χ0) is 16.9. The number of piperazine rings is 1. The fourth-order valence-corrected chi connectivity index (χ4v) is 5.95. The Balaban J connectivity index is 1.59. The highest BCUT2D eigenvalue weighted by atomic mass is 32.2. The molecule has 2 aromatic rings. The molecule has 0 aromatic carbocycles. The van der Waals surface area contributed by atoms with E-state index in [0.29, 0.717) is 35.7 Å². The van der Waals surface area contributed by atoms with E-state index in [2.05, 4.69) is 15.0 Å². The molecular weight excluding hydrogens is 348 g/mol. The lowest BCUT2D eigenvalue weighted by Gasteiger charge is -2.36. The molecule has 1 atom stereocenters. The molecule has 1 unspecified atom stereocenters. The van der Waals surface area contributed by atoms with Crippen molar-refractivity contribution in [1.29, 1.82) is 0 Å². The smallest absolute Gasteiger partial charge is 0.252 e. The van der Waals surface area contributed by atoms with E-state index in [1.165, 1.54) is 15.6 Å². The summed E-state index contributed by atoms with van der Waals surface area (Å²) in [6.45, 7) is 3.27. The molecule has 1 saturated heterocycles. The molecule has 1 aliphatic carbocycles. The van der Waals surface area contributed by atoms with Crippen LogP contribution in [0.25, 0.3) is 0 Å². The number of likely N-dealkylation sites (N-methyl/N-ethyl adjacent to an activating group) is 1. The lowest BCUT2D eigenvalue weighted by atomic mass is 10.2. The molecule has 0 spiro atoms. The third-order valence-electron chi connectivity index (χ3n) is 4.69. The lowest BCUT2D eigenvalue weighted by Crippen LogP contribution is -2.48. The molecule has 3 heterocycles. The molecule has 1 aliphatic heterocycles. The summed E-state index contributed by atoms with van der Waals surface area (Å²) >= 11 is 1.27. The molecule has 2 aliphatic rings. The first-order chi connectivity index (χ1) is 11.5. The van der Waals surface area contributed by atoms with Crippen LogP contribution in [0.1, 0.15) is 42.1 Å². The quantitative estimate of drug-likeness (QED) is 0.821. The molecular formula is C15H20N4O3S2. The van der Waals surface area contributed by atoms with Crippen LogP contribution < -0.4 is 0 Å². The molecule has 4 rings (SSSR count). The van der Waals surface area contributed by atoms with Gasteiger partial charge in [-0.25, -0.2) is 8.42 Å². The van der Waals surface area contributed by atoms with Gasteiger partial charge in [0.25, 0.3) is 10.0 Å². The second-order valence-corrected chi connectivity index (χ2v) is 9.56. The summed E-state index contributed by atoms with van der Waals surface area (Å²) in [6, 6.07) is 1.64. The van der Waals surface area contributed by atoms with Gasteiger partial charge >= 0.3 is 0 Å². The van der Waals surface area contributed by atoms with Gasteiger partial charge in [0, 0.05) is 25.6 Å². The first-order valence-electron chi connectivity index (χ1n) is 8.05. The van der Waals surface area contributed by atoms with E-state index in [9.17, 15) is 8.42 Å². The second-order valence-electron chi connectivity index (χ2n) is 6.52. The Labute approximate surface area is 145 Å². The molecule has 2 fully saturated rings. The average Bonchev–Trinajstić information content (AvgIpc) is 3.11. The van der Waals surface area contributed by atoms with Gasteiger partial charge in [0.05, 0.1) is 0 Å². The number of hydrogen-bond acceptors (Lipinski definition) is 7. The van der Waals surface area contributed by atoms with Gasteiger partial charge in [0.1, 0.15) is 10.3 Å². The van der Waals surface area contributed by atoms with Gasteiger partial charge in [-0.2, -0.15) is 9.29 Å². The number of hydrogen-bond donors (Lipinski definition) is 0. The SMILES string of the molecule is Cc1ccsc1S(=O)(=O)N1CCN(C)C(c2nc(C3CC3)no2)C1. The van der Waals surface area contributed by atoms with Crippen LogP contribution >= 0.6 is 11.3 Å². The molecule has 7 nitrogen and oxygen atoms in total. The van der Waals surface area contributed by atoms with Crippen LogP contribution in [0.2, 0.25) is 0 Å². The molecule has 0 bridgehead atoms. The Morgan fingerprint density at radius 1 is 1.33 bits per heavy atom. The molecule has 130 valence electrons. The molecule has 0 amide bonds. The number of aromatic nitrogens is 2. The molecule has 0 radical (unpaired) electrons. The first-order valence-corrected chi connectivity index (χ1v) is 10.4. The Hall–Kier alpha value is -1.29. The van der Waals surface area contributed by atoms with Gasteiger partial charge in [0.15, 0.2) is 5.82 Å². The van der Waals surface area contributed by atoms with E-state index < -0.39 is 10.0 Å². The van der Waals surface area contributed by atoms with E-state index in [1.807, 2.05) is 25.4 Å². The third kappa shape index (κ3) is 2.79. The zero-order valence-corrected chi connectivity index (χ0v) is 15.3. The number of sulfonamides is 1. The van der Waals surface area contributed by atoms with Crippen molar-refractivity contribution in [3.63, 3.8) is 0 Å². The summed E-state index contributed by atoms with van der Waals surface area (Å²) in [5.41, 5.74) is 0.796. The highest BCUT2D eigenvalue weighted by Crippen LogP contribution is 2.39. The zero-order valence-electron chi connectivity index (χ0n) is 13.7. The number of nitrogens with zero attached hydrogens (tertiary/aromatic N) is 4. The summed E-state index contributed by atoms with van der Waals surface area (Å²) in [5, 5.41) is 5.88. The van der Waals surface area contributed by atoms with Crippen LogP contribution in [0.15, 0.2) is 20.2 Å². The Kier molecular flexibility index (Phi) is 3.98. The van der Waals surface area contributed by atoms with E-state index in [4.69, 9.17) is 4.52 Å². The predicted molar refractivity (Wildman–Crippen MR) is 89.5 cm³/mol. The second kappa shape index (κ2) is 5.91. The maximum atomic E-state index is 12.9. The average molecular weight is 368 g/mol. The Morgan fingerprint density at radius 3 is 2.79 bits per heavy atom. The topological polar surface area (TPSA) is 79.5 Å². The van der Waals surface area contributed by atoms with Crippen LogP contribution in [0, 0.1) is 6.92 Å². The fourth-order valence-electron chi connectivity index (χ4n) is 2.96. The standard InChI is InChI=1S/C15H20N4O3S2/c1-10-5-8-23-15(10)24(20,21)19-7-6-18(2)12(9-19)14-16-13(17-22-14)11-3-4-11/h5,8,11-12H,3-4,6-7,9H2,1-2H3. The van der Waals surface area contributed by atoms with E-state index in [0.717, 1.165) is 24.2 Å². The molecule has 9 heteroatoms. The van der Waals surface area contributed by atoms with Gasteiger partial charge < -0.3 is 4.52 Å². The van der Waals surface area contributed by atoms with Crippen LogP contribution in [0.4, 0.5) is 0 Å². The summed E-state index contributed by atoms with van der Waals surface area (Å²) in [6.07, 6.45) is 2.22. The van der Waals surface area contributed by atoms with Crippen molar-refractivity contribution in [2.45, 2.75) is 35.9 Å². The van der Waals surface area contributed by atoms with E-state index >= 15 is 0 Å². The van der Waals surface area contributed by atoms with Crippen molar-refractivity contribution < 1.29 is 12.9 Å². The monoisotopic (exact) mass is 368 g/mol. The highest BCUT2D eigenvalue weighted by Gasteiger charge is 2.38. The highest BCUT2D eigenvalue weighted by molar-refractivity contribution is 7.91. The van der Waals surface area contributed by atoms with Gasteiger partial charge in [-0.1, -0.05) is 5.16 Å². The number of aryl methyl sites for hydroxylation is 1. The van der Waals surface area contributed by atoms with Crippen molar-refractivity contribution >= 4 is 21.4 Å². The maximum absolute atomic E-state index is 12.9. The molecule has 24 heavy (non-hydrogen) atoms. The summed E-state index contributed by atoms with van der Waals surface area (Å²) in [4.78, 5) is 6.59. The minimum atomic E-state index is -3.48. The van der Waals surface area contributed by atoms with Gasteiger partial charge in [0.2, 0.25) is 5.89 Å². The normalized spacial score (nSPS) is 23.7. The summed E-state index contributed by atoms with van der Waals surface area (Å²) < 4.78 is 33.2. The molecule has 2 aromatic heterocycles. The number of rotatable bonds is 4. The first kappa shape index (κ1) is 16.2. The van der Waals surface area contributed by atoms with Crippen LogP contribution in [-0.2, 0) is 10.0 Å². The van der Waals surface area contributed by atoms with E-state index in [-0.39, 0.29) is 6.04 Å². The minimum Gasteiger partial charge on any atom is -0.338 e. The lowest BCUT2D eigenvalue weighted by molar-refractivity contribution is 0.120. The van der Waals surface area contributed by atoms with Crippen molar-refractivity contribution in [1.82, 2.24) is 19.3 Å². The maximum Gasteiger partial charge on any atom is 0.252 e. The predicted octanol–water partition coefficient (Wildman–Crippen LogP) is 1.99. The van der Waals surface area contributed by atoms with Crippen molar-refractivity contribution in [3.8, 4) is 0 Å². The Bertz CT molecular complexity index is 841. The van der Waals surface area contributed by atoms with Crippen molar-refractivity contribution in [3.05, 3.63) is 28.7 Å². The van der Waals surface area contributed by atoms with Gasteiger partial charge in [-0.3, -0.25) is 4.90 Å². The largest absolute Gasteiger partial charge is 0.338 e. The van der Waals surface area contributed by atoms with Gasteiger partial charge in [-0.05, 0) is 43.8 Å². The minimum absolute atomic E-state index is 0.200. The van der Waals surface area contributed by atoms with Crippen LogP contribution in [-0.4, -0.2) is 54.4 Å². The molecule has 0 N–H and O–H groups in total. The van der Waals surface area contributed by atoms with Crippen molar-refractivity contribution in [2.75, 3.05) is 26.7 Å². The van der Waals surface area contributed by atoms with Gasteiger partial charge in [-0.15, -0.1) is 11.3 Å². The fraction of sp³-hybridized carbons (Fsp3) is 0.600. The van der Waals surface area contributed by atoms with Crippen LogP contribution in [0.5, 0.6) is 0 Å². The van der Waals surface area contributed by atoms with Crippen LogP contribution in [0.3, 0.4) is 0 Å². The van der Waals surface area contributed by atoms with E-state index in [1.54, 1.807) is 0 Å². The van der Waals surface area contributed by atoms with Crippen molar-refractivity contribution in [2.24, 2.45) is 0 Å². The number of thiophene rings is 1. The Morgan fingerprint density at radius 2 is 2.12 bits per heavy atom.